The standard InChI is InChI=1S/C9H19N/c1-6-8(4)10-9(5)7(2)3/h7-8,10H,5-6H2,1-4H3. The van der Waals surface area contributed by atoms with Crippen LogP contribution in [0.5, 0.6) is 0 Å². The third-order valence-electron chi connectivity index (χ3n) is 1.74. The normalized spacial score (nSPS) is 13.3. The molecule has 0 aromatic heterocycles. The van der Waals surface area contributed by atoms with Gasteiger partial charge in [-0.3, -0.25) is 0 Å². The summed E-state index contributed by atoms with van der Waals surface area (Å²) >= 11 is 0. The summed E-state index contributed by atoms with van der Waals surface area (Å²) < 4.78 is 0. The Morgan fingerprint density at radius 1 is 1.40 bits per heavy atom. The van der Waals surface area contributed by atoms with E-state index in [1.165, 1.54) is 0 Å². The van der Waals surface area contributed by atoms with Gasteiger partial charge in [-0.1, -0.05) is 27.4 Å². The van der Waals surface area contributed by atoms with Crippen molar-refractivity contribution in [1.29, 1.82) is 0 Å². The van der Waals surface area contributed by atoms with Gasteiger partial charge in [0.25, 0.3) is 0 Å². The van der Waals surface area contributed by atoms with Gasteiger partial charge >= 0.3 is 0 Å². The van der Waals surface area contributed by atoms with Crippen LogP contribution < -0.4 is 5.32 Å². The molecule has 10 heavy (non-hydrogen) atoms. The zero-order valence-corrected chi connectivity index (χ0v) is 7.57. The molecule has 0 amide bonds. The van der Waals surface area contributed by atoms with Crippen LogP contribution in [0.4, 0.5) is 0 Å². The second-order valence-corrected chi connectivity index (χ2v) is 3.13. The van der Waals surface area contributed by atoms with Crippen LogP contribution in [0.1, 0.15) is 34.1 Å². The quantitative estimate of drug-likeness (QED) is 0.634. The van der Waals surface area contributed by atoms with Crippen molar-refractivity contribution in [2.24, 2.45) is 5.92 Å². The molecule has 1 nitrogen and oxygen atoms in total. The topological polar surface area (TPSA) is 12.0 Å². The fourth-order valence-corrected chi connectivity index (χ4v) is 0.585. The highest BCUT2D eigenvalue weighted by Crippen LogP contribution is 2.04. The maximum atomic E-state index is 3.93. The number of rotatable bonds is 4. The van der Waals surface area contributed by atoms with E-state index in [1.807, 2.05) is 0 Å². The molecule has 1 unspecified atom stereocenters. The van der Waals surface area contributed by atoms with Crippen molar-refractivity contribution in [3.63, 3.8) is 0 Å². The lowest BCUT2D eigenvalue weighted by atomic mass is 10.1. The predicted molar refractivity (Wildman–Crippen MR) is 46.9 cm³/mol. The molecule has 0 aliphatic rings. The van der Waals surface area contributed by atoms with Gasteiger partial charge in [0.05, 0.1) is 0 Å². The van der Waals surface area contributed by atoms with E-state index in [0.29, 0.717) is 12.0 Å². The Bertz CT molecular complexity index is 105. The van der Waals surface area contributed by atoms with Crippen molar-refractivity contribution in [1.82, 2.24) is 5.32 Å². The first kappa shape index (κ1) is 9.54. The molecule has 1 heteroatoms. The molecule has 60 valence electrons. The Hall–Kier alpha value is -0.460. The molecule has 0 saturated carbocycles. The molecule has 0 fully saturated rings. The summed E-state index contributed by atoms with van der Waals surface area (Å²) in [4.78, 5) is 0. The fraction of sp³-hybridized carbons (Fsp3) is 0.778. The maximum Gasteiger partial charge on any atom is 0.0227 e. The van der Waals surface area contributed by atoms with Gasteiger partial charge in [0.15, 0.2) is 0 Å². The molecule has 0 aliphatic carbocycles. The van der Waals surface area contributed by atoms with E-state index in [0.717, 1.165) is 12.1 Å². The highest BCUT2D eigenvalue weighted by Gasteiger charge is 2.01. The van der Waals surface area contributed by atoms with E-state index in [-0.39, 0.29) is 0 Å². The van der Waals surface area contributed by atoms with Crippen LogP contribution in [-0.2, 0) is 0 Å². The molecular formula is C9H19N. The van der Waals surface area contributed by atoms with Gasteiger partial charge in [-0.25, -0.2) is 0 Å². The van der Waals surface area contributed by atoms with Gasteiger partial charge in [-0.05, 0) is 19.3 Å². The molecule has 0 aliphatic heterocycles. The molecule has 0 heterocycles. The molecule has 0 aromatic rings. The molecule has 0 saturated heterocycles. The Labute approximate surface area is 64.5 Å². The van der Waals surface area contributed by atoms with Crippen LogP contribution in [0, 0.1) is 5.92 Å². The first-order chi connectivity index (χ1) is 4.57. The van der Waals surface area contributed by atoms with Crippen molar-refractivity contribution in [2.45, 2.75) is 40.2 Å². The van der Waals surface area contributed by atoms with E-state index in [1.54, 1.807) is 0 Å². The molecule has 0 rings (SSSR count). The number of nitrogens with one attached hydrogen (secondary N) is 1. The monoisotopic (exact) mass is 141 g/mol. The Balaban J connectivity index is 3.57. The highest BCUT2D eigenvalue weighted by molar-refractivity contribution is 4.95. The maximum absolute atomic E-state index is 3.93. The van der Waals surface area contributed by atoms with Crippen molar-refractivity contribution in [3.8, 4) is 0 Å². The SMILES string of the molecule is C=C(NC(C)CC)C(C)C. The second-order valence-electron chi connectivity index (χ2n) is 3.13. The second kappa shape index (κ2) is 4.37. The van der Waals surface area contributed by atoms with Crippen molar-refractivity contribution in [2.75, 3.05) is 0 Å². The van der Waals surface area contributed by atoms with E-state index in [2.05, 4.69) is 39.6 Å². The average Bonchev–Trinajstić information content (AvgIpc) is 1.87. The van der Waals surface area contributed by atoms with Crippen LogP contribution >= 0.6 is 0 Å². The van der Waals surface area contributed by atoms with Crippen LogP contribution in [0.25, 0.3) is 0 Å². The van der Waals surface area contributed by atoms with Crippen molar-refractivity contribution < 1.29 is 0 Å². The minimum Gasteiger partial charge on any atom is -0.386 e. The summed E-state index contributed by atoms with van der Waals surface area (Å²) in [6.07, 6.45) is 1.16. The van der Waals surface area contributed by atoms with E-state index in [4.69, 9.17) is 0 Å². The van der Waals surface area contributed by atoms with E-state index >= 15 is 0 Å². The molecule has 0 spiro atoms. The lowest BCUT2D eigenvalue weighted by molar-refractivity contribution is 0.547. The van der Waals surface area contributed by atoms with Crippen LogP contribution in [-0.4, -0.2) is 6.04 Å². The predicted octanol–water partition coefficient (Wildman–Crippen LogP) is 2.54. The number of hydrogen-bond donors (Lipinski definition) is 1. The minimum absolute atomic E-state index is 0.550. The van der Waals surface area contributed by atoms with Crippen LogP contribution in [0.15, 0.2) is 12.3 Å². The Kier molecular flexibility index (Phi) is 4.17. The number of allylic oxidation sites excluding steroid dienone is 1. The summed E-state index contributed by atoms with van der Waals surface area (Å²) in [7, 11) is 0. The van der Waals surface area contributed by atoms with E-state index < -0.39 is 0 Å². The third kappa shape index (κ3) is 3.54. The van der Waals surface area contributed by atoms with Crippen molar-refractivity contribution in [3.05, 3.63) is 12.3 Å². The van der Waals surface area contributed by atoms with E-state index in [9.17, 15) is 0 Å². The van der Waals surface area contributed by atoms with Crippen molar-refractivity contribution >= 4 is 0 Å². The van der Waals surface area contributed by atoms with Gasteiger partial charge in [0.2, 0.25) is 0 Å². The third-order valence-corrected chi connectivity index (χ3v) is 1.74. The minimum atomic E-state index is 0.550. The smallest absolute Gasteiger partial charge is 0.0227 e. The molecular weight excluding hydrogens is 122 g/mol. The zero-order chi connectivity index (χ0) is 8.15. The average molecular weight is 141 g/mol. The first-order valence-electron chi connectivity index (χ1n) is 4.03. The zero-order valence-electron chi connectivity index (χ0n) is 7.57. The van der Waals surface area contributed by atoms with Gasteiger partial charge in [-0.2, -0.15) is 0 Å². The summed E-state index contributed by atoms with van der Waals surface area (Å²) in [5.74, 6) is 0.550. The van der Waals surface area contributed by atoms with Gasteiger partial charge in [0, 0.05) is 11.7 Å². The molecule has 0 radical (unpaired) electrons. The summed E-state index contributed by atoms with van der Waals surface area (Å²) in [5.41, 5.74) is 1.15. The highest BCUT2D eigenvalue weighted by atomic mass is 14.9. The molecule has 0 aromatic carbocycles. The van der Waals surface area contributed by atoms with Crippen LogP contribution in [0.3, 0.4) is 0 Å². The molecule has 1 atom stereocenters. The summed E-state index contributed by atoms with van der Waals surface area (Å²) in [5, 5.41) is 3.33. The Morgan fingerprint density at radius 3 is 2.20 bits per heavy atom. The summed E-state index contributed by atoms with van der Waals surface area (Å²) in [6.45, 7) is 12.6. The lowest BCUT2D eigenvalue weighted by Crippen LogP contribution is -2.26. The first-order valence-corrected chi connectivity index (χ1v) is 4.03. The summed E-state index contributed by atoms with van der Waals surface area (Å²) in [6, 6.07) is 0.565. The largest absolute Gasteiger partial charge is 0.386 e. The molecule has 1 N–H and O–H groups in total. The Morgan fingerprint density at radius 2 is 1.90 bits per heavy atom. The lowest BCUT2D eigenvalue weighted by Gasteiger charge is -2.17. The fourth-order valence-electron chi connectivity index (χ4n) is 0.585. The van der Waals surface area contributed by atoms with Crippen LogP contribution in [0.2, 0.25) is 0 Å². The number of hydrogen-bond acceptors (Lipinski definition) is 1. The van der Waals surface area contributed by atoms with Gasteiger partial charge < -0.3 is 5.32 Å². The molecule has 0 bridgehead atoms. The van der Waals surface area contributed by atoms with Gasteiger partial charge in [-0.15, -0.1) is 0 Å². The van der Waals surface area contributed by atoms with Gasteiger partial charge in [0.1, 0.15) is 0 Å².